The van der Waals surface area contributed by atoms with E-state index < -0.39 is 5.60 Å². The predicted molar refractivity (Wildman–Crippen MR) is 109 cm³/mol. The van der Waals surface area contributed by atoms with Gasteiger partial charge < -0.3 is 5.11 Å². The van der Waals surface area contributed by atoms with Crippen LogP contribution in [0.5, 0.6) is 0 Å². The number of pyridine rings is 1. The first-order valence-electron chi connectivity index (χ1n) is 8.63. The lowest BCUT2D eigenvalue weighted by molar-refractivity contribution is 0.0785. The number of hydrogen-bond acceptors (Lipinski definition) is 5. The van der Waals surface area contributed by atoms with E-state index in [1.54, 1.807) is 44.2 Å². The fourth-order valence-electron chi connectivity index (χ4n) is 3.02. The van der Waals surface area contributed by atoms with Crippen LogP contribution in [0.4, 0.5) is 0 Å². The molecule has 1 aromatic carbocycles. The Morgan fingerprint density at radius 1 is 1.04 bits per heavy atom. The zero-order valence-electron chi connectivity index (χ0n) is 15.4. The Bertz CT molecular complexity index is 1100. The van der Waals surface area contributed by atoms with E-state index in [1.807, 2.05) is 28.8 Å². The molecule has 0 saturated heterocycles. The average molecular weight is 376 g/mol. The van der Waals surface area contributed by atoms with Gasteiger partial charge in [0.2, 0.25) is 5.95 Å². The Hall–Kier alpha value is -2.70. The Morgan fingerprint density at radius 3 is 2.48 bits per heavy atom. The lowest BCUT2D eigenvalue weighted by atomic mass is 9.98. The van der Waals surface area contributed by atoms with Crippen molar-refractivity contribution in [2.24, 2.45) is 0 Å². The highest BCUT2D eigenvalue weighted by molar-refractivity contribution is 7.98. The van der Waals surface area contributed by atoms with Gasteiger partial charge in [0.25, 0.3) is 0 Å². The molecule has 0 radical (unpaired) electrons. The second kappa shape index (κ2) is 6.79. The molecule has 136 valence electrons. The highest BCUT2D eigenvalue weighted by Gasteiger charge is 2.17. The normalized spacial score (nSPS) is 11.9. The molecule has 0 bridgehead atoms. The van der Waals surface area contributed by atoms with Crippen LogP contribution in [0.2, 0.25) is 0 Å². The number of nitrogens with zero attached hydrogens (tertiary/aromatic N) is 4. The third kappa shape index (κ3) is 3.34. The van der Waals surface area contributed by atoms with E-state index in [0.29, 0.717) is 5.95 Å². The summed E-state index contributed by atoms with van der Waals surface area (Å²) < 4.78 is 2.01. The molecule has 0 atom stereocenters. The molecule has 0 fully saturated rings. The van der Waals surface area contributed by atoms with Gasteiger partial charge in [-0.3, -0.25) is 9.55 Å². The first kappa shape index (κ1) is 17.7. The number of aliphatic hydroxyl groups is 1. The van der Waals surface area contributed by atoms with Crippen LogP contribution in [-0.4, -0.2) is 30.9 Å². The summed E-state index contributed by atoms with van der Waals surface area (Å²) in [5.74, 6) is 0.619. The lowest BCUT2D eigenvalue weighted by Crippen LogP contribution is -2.15. The van der Waals surface area contributed by atoms with Crippen LogP contribution in [0.15, 0.2) is 66.1 Å². The van der Waals surface area contributed by atoms with Crippen molar-refractivity contribution in [2.45, 2.75) is 24.3 Å². The maximum Gasteiger partial charge on any atom is 0.234 e. The van der Waals surface area contributed by atoms with Crippen molar-refractivity contribution < 1.29 is 5.11 Å². The van der Waals surface area contributed by atoms with Crippen LogP contribution < -0.4 is 0 Å². The summed E-state index contributed by atoms with van der Waals surface area (Å²) in [5, 5.41) is 11.4. The maximum atomic E-state index is 10.2. The summed E-state index contributed by atoms with van der Waals surface area (Å²) >= 11 is 1.71. The Morgan fingerprint density at radius 2 is 1.78 bits per heavy atom. The summed E-state index contributed by atoms with van der Waals surface area (Å²) in [7, 11) is 0. The molecule has 0 aliphatic rings. The Balaban J connectivity index is 1.74. The van der Waals surface area contributed by atoms with Gasteiger partial charge in [-0.25, -0.2) is 9.97 Å². The zero-order chi connectivity index (χ0) is 19.0. The van der Waals surface area contributed by atoms with E-state index in [-0.39, 0.29) is 0 Å². The van der Waals surface area contributed by atoms with E-state index in [1.165, 1.54) is 10.3 Å². The van der Waals surface area contributed by atoms with Gasteiger partial charge in [0.15, 0.2) is 0 Å². The van der Waals surface area contributed by atoms with Crippen LogP contribution in [0.25, 0.3) is 28.1 Å². The van der Waals surface area contributed by atoms with Gasteiger partial charge in [0.1, 0.15) is 0 Å². The molecule has 3 aromatic heterocycles. The summed E-state index contributed by atoms with van der Waals surface area (Å²) in [6.45, 7) is 3.51. The fraction of sp³-hybridized carbons (Fsp3) is 0.190. The average Bonchev–Trinajstić information content (AvgIpc) is 3.06. The van der Waals surface area contributed by atoms with Crippen LogP contribution in [-0.2, 0) is 5.60 Å². The number of rotatable bonds is 4. The van der Waals surface area contributed by atoms with Gasteiger partial charge in [-0.2, -0.15) is 0 Å². The minimum Gasteiger partial charge on any atom is -0.386 e. The minimum absolute atomic E-state index is 0.619. The molecule has 0 aliphatic heterocycles. The highest BCUT2D eigenvalue weighted by atomic mass is 32.2. The molecule has 6 heteroatoms. The van der Waals surface area contributed by atoms with Crippen molar-refractivity contribution >= 4 is 22.7 Å². The number of para-hydroxylation sites is 1. The van der Waals surface area contributed by atoms with Crippen molar-refractivity contribution in [1.29, 1.82) is 0 Å². The molecule has 0 amide bonds. The summed E-state index contributed by atoms with van der Waals surface area (Å²) in [6, 6.07) is 11.9. The van der Waals surface area contributed by atoms with E-state index in [2.05, 4.69) is 39.5 Å². The Kier molecular flexibility index (Phi) is 4.45. The van der Waals surface area contributed by atoms with Gasteiger partial charge in [0, 0.05) is 40.6 Å². The zero-order valence-corrected chi connectivity index (χ0v) is 16.2. The third-order valence-electron chi connectivity index (χ3n) is 4.51. The lowest BCUT2D eigenvalue weighted by Gasteiger charge is -2.18. The summed E-state index contributed by atoms with van der Waals surface area (Å²) in [4.78, 5) is 14.7. The second-order valence-electron chi connectivity index (χ2n) is 6.85. The number of thioether (sulfide) groups is 1. The SMILES string of the molecule is CSc1cn(-c2ncc(-c3cc(C(C)(C)O)ccn3)cn2)c2ccccc12. The van der Waals surface area contributed by atoms with Crippen LogP contribution in [0, 0.1) is 0 Å². The molecule has 27 heavy (non-hydrogen) atoms. The standard InChI is InChI=1S/C21H20N4OS/c1-21(2,26)15-8-9-22-17(10-15)14-11-23-20(24-12-14)25-13-19(27-3)16-6-4-5-7-18(16)25/h4-13,26H,1-3H3. The second-order valence-corrected chi connectivity index (χ2v) is 7.69. The molecule has 0 unspecified atom stereocenters. The number of fused-ring (bicyclic) bond motifs is 1. The number of hydrogen-bond donors (Lipinski definition) is 1. The van der Waals surface area contributed by atoms with Gasteiger partial charge in [0.05, 0.1) is 16.8 Å². The summed E-state index contributed by atoms with van der Waals surface area (Å²) in [6.07, 6.45) is 9.37. The first-order valence-corrected chi connectivity index (χ1v) is 9.85. The topological polar surface area (TPSA) is 63.8 Å². The van der Waals surface area contributed by atoms with Crippen molar-refractivity contribution in [3.8, 4) is 17.2 Å². The maximum absolute atomic E-state index is 10.2. The van der Waals surface area contributed by atoms with E-state index in [4.69, 9.17) is 0 Å². The largest absolute Gasteiger partial charge is 0.386 e. The molecule has 4 rings (SSSR count). The first-order chi connectivity index (χ1) is 13.0. The van der Waals surface area contributed by atoms with Crippen LogP contribution in [0.1, 0.15) is 19.4 Å². The molecule has 1 N–H and O–H groups in total. The van der Waals surface area contributed by atoms with Crippen molar-refractivity contribution in [2.75, 3.05) is 6.26 Å². The monoisotopic (exact) mass is 376 g/mol. The molecule has 5 nitrogen and oxygen atoms in total. The van der Waals surface area contributed by atoms with Crippen molar-refractivity contribution in [1.82, 2.24) is 19.5 Å². The molecular weight excluding hydrogens is 356 g/mol. The quantitative estimate of drug-likeness (QED) is 0.534. The van der Waals surface area contributed by atoms with Gasteiger partial charge in [-0.05, 0) is 43.9 Å². The Labute approximate surface area is 162 Å². The minimum atomic E-state index is -0.920. The van der Waals surface area contributed by atoms with Crippen molar-refractivity contribution in [3.05, 3.63) is 66.7 Å². The highest BCUT2D eigenvalue weighted by Crippen LogP contribution is 2.30. The molecule has 4 aromatic rings. The van der Waals surface area contributed by atoms with Crippen molar-refractivity contribution in [3.63, 3.8) is 0 Å². The molecule has 3 heterocycles. The van der Waals surface area contributed by atoms with Crippen LogP contribution in [0.3, 0.4) is 0 Å². The van der Waals surface area contributed by atoms with E-state index >= 15 is 0 Å². The van der Waals surface area contributed by atoms with E-state index in [9.17, 15) is 5.11 Å². The molecule has 0 spiro atoms. The fourth-order valence-corrected chi connectivity index (χ4v) is 3.63. The van der Waals surface area contributed by atoms with Crippen LogP contribution >= 0.6 is 11.8 Å². The molecule has 0 aliphatic carbocycles. The summed E-state index contributed by atoms with van der Waals surface area (Å²) in [5.41, 5.74) is 2.51. The third-order valence-corrected chi connectivity index (χ3v) is 5.28. The predicted octanol–water partition coefficient (Wildman–Crippen LogP) is 4.43. The number of benzene rings is 1. The number of aromatic nitrogens is 4. The van der Waals surface area contributed by atoms with Gasteiger partial charge in [-0.1, -0.05) is 18.2 Å². The van der Waals surface area contributed by atoms with E-state index in [0.717, 1.165) is 22.3 Å². The molecular formula is C21H20N4OS. The smallest absolute Gasteiger partial charge is 0.234 e. The van der Waals surface area contributed by atoms with Gasteiger partial charge >= 0.3 is 0 Å². The molecule has 0 saturated carbocycles. The van der Waals surface area contributed by atoms with Gasteiger partial charge in [-0.15, -0.1) is 11.8 Å².